The molecule has 0 aliphatic heterocycles. The first kappa shape index (κ1) is 14.0. The number of ether oxygens (including phenoxy) is 1. The van der Waals surface area contributed by atoms with Gasteiger partial charge in [0.1, 0.15) is 12.4 Å². The second kappa shape index (κ2) is 5.69. The number of nitrogens with zero attached hydrogens (tertiary/aromatic N) is 1. The maximum absolute atomic E-state index is 13.0. The third-order valence-electron chi connectivity index (χ3n) is 2.89. The number of carboxylic acid groups (broad SMARTS) is 1. The highest BCUT2D eigenvalue weighted by Gasteiger charge is 2.14. The Morgan fingerprint density at radius 1 is 1.30 bits per heavy atom. The minimum atomic E-state index is -1.14. The smallest absolute Gasteiger partial charge is 0.358 e. The lowest BCUT2D eigenvalue weighted by Gasteiger charge is -2.11. The summed E-state index contributed by atoms with van der Waals surface area (Å²) in [6.07, 6.45) is 0. The molecule has 2 aromatic rings. The van der Waals surface area contributed by atoms with Gasteiger partial charge < -0.3 is 9.84 Å². The standard InChI is InChI=1S/C15H14FNO3/c1-9-7-12(16)5-4-11(9)8-20-13-6-3-10(2)17-14(13)15(18)19/h3-7H,8H2,1-2H3,(H,18,19). The molecule has 5 heteroatoms. The lowest BCUT2D eigenvalue weighted by atomic mass is 10.1. The highest BCUT2D eigenvalue weighted by molar-refractivity contribution is 5.88. The number of aryl methyl sites for hydroxylation is 2. The molecule has 104 valence electrons. The van der Waals surface area contributed by atoms with E-state index >= 15 is 0 Å². The highest BCUT2D eigenvalue weighted by Crippen LogP contribution is 2.19. The van der Waals surface area contributed by atoms with E-state index < -0.39 is 5.97 Å². The maximum Gasteiger partial charge on any atom is 0.358 e. The van der Waals surface area contributed by atoms with E-state index in [1.54, 1.807) is 32.0 Å². The van der Waals surface area contributed by atoms with Crippen molar-refractivity contribution in [3.05, 3.63) is 58.7 Å². The van der Waals surface area contributed by atoms with Gasteiger partial charge in [-0.05, 0) is 49.2 Å². The summed E-state index contributed by atoms with van der Waals surface area (Å²) < 4.78 is 18.5. The van der Waals surface area contributed by atoms with Gasteiger partial charge in [0.2, 0.25) is 0 Å². The second-order valence-electron chi connectivity index (χ2n) is 4.46. The molecule has 0 aliphatic carbocycles. The van der Waals surface area contributed by atoms with Crippen LogP contribution in [0.2, 0.25) is 0 Å². The Morgan fingerprint density at radius 2 is 2.05 bits per heavy atom. The average molecular weight is 275 g/mol. The molecule has 20 heavy (non-hydrogen) atoms. The van der Waals surface area contributed by atoms with Crippen LogP contribution in [0.4, 0.5) is 4.39 Å². The lowest BCUT2D eigenvalue weighted by molar-refractivity contribution is 0.0684. The van der Waals surface area contributed by atoms with Gasteiger partial charge in [-0.2, -0.15) is 0 Å². The normalized spacial score (nSPS) is 10.3. The van der Waals surface area contributed by atoms with Crippen molar-refractivity contribution in [3.8, 4) is 5.75 Å². The number of rotatable bonds is 4. The molecule has 0 unspecified atom stereocenters. The van der Waals surface area contributed by atoms with Crippen LogP contribution in [0.3, 0.4) is 0 Å². The van der Waals surface area contributed by atoms with E-state index in [2.05, 4.69) is 4.98 Å². The minimum Gasteiger partial charge on any atom is -0.486 e. The molecule has 0 spiro atoms. The summed E-state index contributed by atoms with van der Waals surface area (Å²) in [7, 11) is 0. The number of carbonyl (C=O) groups is 1. The number of pyridine rings is 1. The third kappa shape index (κ3) is 3.12. The van der Waals surface area contributed by atoms with Crippen molar-refractivity contribution in [1.29, 1.82) is 0 Å². The number of aromatic carboxylic acids is 1. The van der Waals surface area contributed by atoms with E-state index in [9.17, 15) is 9.18 Å². The first-order valence-electron chi connectivity index (χ1n) is 6.06. The lowest BCUT2D eigenvalue weighted by Crippen LogP contribution is -2.07. The first-order chi connectivity index (χ1) is 9.47. The van der Waals surface area contributed by atoms with Crippen molar-refractivity contribution in [2.24, 2.45) is 0 Å². The van der Waals surface area contributed by atoms with Crippen molar-refractivity contribution >= 4 is 5.97 Å². The van der Waals surface area contributed by atoms with Crippen molar-refractivity contribution in [1.82, 2.24) is 4.98 Å². The van der Waals surface area contributed by atoms with Crippen LogP contribution in [0.25, 0.3) is 0 Å². The molecule has 1 heterocycles. The van der Waals surface area contributed by atoms with Crippen molar-refractivity contribution in [3.63, 3.8) is 0 Å². The van der Waals surface area contributed by atoms with Gasteiger partial charge >= 0.3 is 5.97 Å². The maximum atomic E-state index is 13.0. The molecular formula is C15H14FNO3. The molecule has 0 bridgehead atoms. The Kier molecular flexibility index (Phi) is 3.98. The molecule has 0 radical (unpaired) electrons. The van der Waals surface area contributed by atoms with Gasteiger partial charge in [0.05, 0.1) is 0 Å². The topological polar surface area (TPSA) is 59.4 Å². The monoisotopic (exact) mass is 275 g/mol. The zero-order chi connectivity index (χ0) is 14.7. The zero-order valence-corrected chi connectivity index (χ0v) is 11.2. The first-order valence-corrected chi connectivity index (χ1v) is 6.06. The van der Waals surface area contributed by atoms with E-state index in [4.69, 9.17) is 9.84 Å². The number of hydrogen-bond acceptors (Lipinski definition) is 3. The summed E-state index contributed by atoms with van der Waals surface area (Å²) in [5.41, 5.74) is 2.03. The second-order valence-corrected chi connectivity index (χ2v) is 4.46. The minimum absolute atomic E-state index is 0.121. The molecular weight excluding hydrogens is 261 g/mol. The Labute approximate surface area is 115 Å². The fourth-order valence-corrected chi connectivity index (χ4v) is 1.79. The van der Waals surface area contributed by atoms with Crippen LogP contribution in [0.1, 0.15) is 27.3 Å². The Morgan fingerprint density at radius 3 is 2.70 bits per heavy atom. The van der Waals surface area contributed by atoms with Crippen LogP contribution in [-0.4, -0.2) is 16.1 Å². The van der Waals surface area contributed by atoms with Crippen LogP contribution >= 0.6 is 0 Å². The zero-order valence-electron chi connectivity index (χ0n) is 11.2. The Hall–Kier alpha value is -2.43. The van der Waals surface area contributed by atoms with Gasteiger partial charge in [0.15, 0.2) is 11.4 Å². The van der Waals surface area contributed by atoms with Gasteiger partial charge in [0, 0.05) is 5.69 Å². The summed E-state index contributed by atoms with van der Waals surface area (Å²) in [5, 5.41) is 9.09. The van der Waals surface area contributed by atoms with Crippen LogP contribution in [0.5, 0.6) is 5.75 Å². The highest BCUT2D eigenvalue weighted by atomic mass is 19.1. The number of halogens is 1. The van der Waals surface area contributed by atoms with E-state index in [0.717, 1.165) is 11.1 Å². The third-order valence-corrected chi connectivity index (χ3v) is 2.89. The average Bonchev–Trinajstić information content (AvgIpc) is 2.38. The molecule has 4 nitrogen and oxygen atoms in total. The van der Waals surface area contributed by atoms with E-state index in [1.807, 2.05) is 0 Å². The molecule has 1 N–H and O–H groups in total. The van der Waals surface area contributed by atoms with E-state index in [1.165, 1.54) is 12.1 Å². The molecule has 0 fully saturated rings. The largest absolute Gasteiger partial charge is 0.486 e. The fourth-order valence-electron chi connectivity index (χ4n) is 1.79. The predicted molar refractivity (Wildman–Crippen MR) is 71.4 cm³/mol. The Balaban J connectivity index is 2.20. The summed E-state index contributed by atoms with van der Waals surface area (Å²) in [5.74, 6) is -1.25. The summed E-state index contributed by atoms with van der Waals surface area (Å²) in [6.45, 7) is 3.64. The number of carboxylic acids is 1. The van der Waals surface area contributed by atoms with E-state index in [0.29, 0.717) is 5.69 Å². The van der Waals surface area contributed by atoms with E-state index in [-0.39, 0.29) is 23.9 Å². The van der Waals surface area contributed by atoms with Gasteiger partial charge in [-0.1, -0.05) is 6.07 Å². The van der Waals surface area contributed by atoms with Crippen molar-refractivity contribution in [2.45, 2.75) is 20.5 Å². The van der Waals surface area contributed by atoms with Crippen molar-refractivity contribution < 1.29 is 19.0 Å². The van der Waals surface area contributed by atoms with Crippen LogP contribution < -0.4 is 4.74 Å². The van der Waals surface area contributed by atoms with Crippen molar-refractivity contribution in [2.75, 3.05) is 0 Å². The van der Waals surface area contributed by atoms with Gasteiger partial charge in [-0.3, -0.25) is 0 Å². The predicted octanol–water partition coefficient (Wildman–Crippen LogP) is 3.11. The van der Waals surface area contributed by atoms with Gasteiger partial charge in [-0.25, -0.2) is 14.2 Å². The summed E-state index contributed by atoms with van der Waals surface area (Å²) in [4.78, 5) is 15.0. The SMILES string of the molecule is Cc1ccc(OCc2ccc(F)cc2C)c(C(=O)O)n1. The number of aromatic nitrogens is 1. The molecule has 2 rings (SSSR count). The van der Waals surface area contributed by atoms with Gasteiger partial charge in [0.25, 0.3) is 0 Å². The van der Waals surface area contributed by atoms with Gasteiger partial charge in [-0.15, -0.1) is 0 Å². The molecule has 0 amide bonds. The Bertz CT molecular complexity index is 656. The molecule has 0 aliphatic rings. The molecule has 1 aromatic carbocycles. The summed E-state index contributed by atoms with van der Waals surface area (Å²) in [6, 6.07) is 7.62. The number of hydrogen-bond donors (Lipinski definition) is 1. The molecule has 0 saturated carbocycles. The molecule has 1 aromatic heterocycles. The molecule has 0 saturated heterocycles. The summed E-state index contributed by atoms with van der Waals surface area (Å²) >= 11 is 0. The van der Waals surface area contributed by atoms with Crippen LogP contribution in [0.15, 0.2) is 30.3 Å². The van der Waals surface area contributed by atoms with Crippen LogP contribution in [0, 0.1) is 19.7 Å². The van der Waals surface area contributed by atoms with Crippen LogP contribution in [-0.2, 0) is 6.61 Å². The molecule has 0 atom stereocenters. The fraction of sp³-hybridized carbons (Fsp3) is 0.200. The number of benzene rings is 1. The quantitative estimate of drug-likeness (QED) is 0.931.